The van der Waals surface area contributed by atoms with Crippen molar-refractivity contribution in [3.8, 4) is 5.75 Å². The van der Waals surface area contributed by atoms with Gasteiger partial charge in [-0.25, -0.2) is 0 Å². The third kappa shape index (κ3) is 1.85. The molecule has 0 saturated heterocycles. The standard InChI is InChI=1S/C17H22O2/c1-11-8-9-15(19-3)17-14(10-18-2)12-6-4-5-7-13(12)16(11)17/h8-10,12-13H,4-7H2,1-3H3. The summed E-state index contributed by atoms with van der Waals surface area (Å²) in [5.41, 5.74) is 5.56. The second-order valence-corrected chi connectivity index (χ2v) is 5.68. The molecule has 1 aromatic rings. The highest BCUT2D eigenvalue weighted by atomic mass is 16.5. The van der Waals surface area contributed by atoms with Crippen LogP contribution in [-0.4, -0.2) is 14.2 Å². The van der Waals surface area contributed by atoms with Crippen molar-refractivity contribution >= 4 is 5.57 Å². The van der Waals surface area contributed by atoms with Crippen LogP contribution in [0.25, 0.3) is 5.57 Å². The van der Waals surface area contributed by atoms with Gasteiger partial charge in [0.25, 0.3) is 0 Å². The Labute approximate surface area is 115 Å². The number of methoxy groups -OCH3 is 2. The highest BCUT2D eigenvalue weighted by Gasteiger charge is 2.40. The zero-order chi connectivity index (χ0) is 13.4. The quantitative estimate of drug-likeness (QED) is 0.737. The highest BCUT2D eigenvalue weighted by Crippen LogP contribution is 2.56. The summed E-state index contributed by atoms with van der Waals surface area (Å²) in [6.07, 6.45) is 7.19. The molecule has 0 spiro atoms. The Hall–Kier alpha value is -1.44. The van der Waals surface area contributed by atoms with Crippen LogP contribution in [0.5, 0.6) is 5.75 Å². The van der Waals surface area contributed by atoms with Crippen LogP contribution in [0.1, 0.15) is 48.3 Å². The maximum absolute atomic E-state index is 5.60. The van der Waals surface area contributed by atoms with Gasteiger partial charge in [-0.05, 0) is 48.8 Å². The highest BCUT2D eigenvalue weighted by molar-refractivity contribution is 5.81. The van der Waals surface area contributed by atoms with Crippen molar-refractivity contribution in [1.29, 1.82) is 0 Å². The zero-order valence-corrected chi connectivity index (χ0v) is 12.0. The molecule has 102 valence electrons. The van der Waals surface area contributed by atoms with Crippen LogP contribution in [-0.2, 0) is 4.74 Å². The number of fused-ring (bicyclic) bond motifs is 3. The van der Waals surface area contributed by atoms with Crippen LogP contribution in [0.4, 0.5) is 0 Å². The van der Waals surface area contributed by atoms with E-state index < -0.39 is 0 Å². The van der Waals surface area contributed by atoms with Gasteiger partial charge in [-0.3, -0.25) is 0 Å². The Morgan fingerprint density at radius 2 is 1.84 bits per heavy atom. The molecule has 1 aromatic carbocycles. The first-order chi connectivity index (χ1) is 9.27. The van der Waals surface area contributed by atoms with E-state index in [1.54, 1.807) is 14.2 Å². The largest absolute Gasteiger partial charge is 0.504 e. The first-order valence-corrected chi connectivity index (χ1v) is 7.18. The second-order valence-electron chi connectivity index (χ2n) is 5.68. The summed E-state index contributed by atoms with van der Waals surface area (Å²) in [7, 11) is 3.50. The van der Waals surface area contributed by atoms with Gasteiger partial charge in [0.05, 0.1) is 20.5 Å². The lowest BCUT2D eigenvalue weighted by atomic mass is 9.78. The first-order valence-electron chi connectivity index (χ1n) is 7.18. The lowest BCUT2D eigenvalue weighted by molar-refractivity contribution is 0.329. The molecule has 0 bridgehead atoms. The third-order valence-electron chi connectivity index (χ3n) is 4.71. The minimum Gasteiger partial charge on any atom is -0.504 e. The normalized spacial score (nSPS) is 27.0. The molecular formula is C17H22O2. The summed E-state index contributed by atoms with van der Waals surface area (Å²) in [6, 6.07) is 4.29. The van der Waals surface area contributed by atoms with Crippen LogP contribution in [0.15, 0.2) is 18.4 Å². The molecule has 0 amide bonds. The Morgan fingerprint density at radius 1 is 1.11 bits per heavy atom. The van der Waals surface area contributed by atoms with E-state index in [1.165, 1.54) is 47.9 Å². The first kappa shape index (κ1) is 12.6. The van der Waals surface area contributed by atoms with Crippen molar-refractivity contribution in [2.24, 2.45) is 5.92 Å². The fourth-order valence-corrected chi connectivity index (χ4v) is 3.96. The van der Waals surface area contributed by atoms with Crippen molar-refractivity contribution < 1.29 is 9.47 Å². The average molecular weight is 258 g/mol. The van der Waals surface area contributed by atoms with Gasteiger partial charge in [-0.15, -0.1) is 0 Å². The van der Waals surface area contributed by atoms with E-state index in [1.807, 2.05) is 6.26 Å². The second kappa shape index (κ2) is 4.92. The van der Waals surface area contributed by atoms with E-state index in [9.17, 15) is 0 Å². The lowest BCUT2D eigenvalue weighted by Gasteiger charge is -2.26. The SMILES string of the molecule is COC=C1c2c(OC)ccc(C)c2C2CCCCC12. The van der Waals surface area contributed by atoms with Crippen LogP contribution < -0.4 is 4.74 Å². The molecule has 1 fully saturated rings. The summed E-state index contributed by atoms with van der Waals surface area (Å²) >= 11 is 0. The number of rotatable bonds is 2. The molecular weight excluding hydrogens is 236 g/mol. The number of aryl methyl sites for hydroxylation is 1. The molecule has 2 aliphatic rings. The Kier molecular flexibility index (Phi) is 3.26. The van der Waals surface area contributed by atoms with Crippen molar-refractivity contribution in [2.75, 3.05) is 14.2 Å². The molecule has 0 aliphatic heterocycles. The fraction of sp³-hybridized carbons (Fsp3) is 0.529. The van der Waals surface area contributed by atoms with Gasteiger partial charge in [0.1, 0.15) is 5.75 Å². The third-order valence-corrected chi connectivity index (χ3v) is 4.71. The van der Waals surface area contributed by atoms with E-state index in [-0.39, 0.29) is 0 Å². The monoisotopic (exact) mass is 258 g/mol. The molecule has 3 rings (SSSR count). The molecule has 0 N–H and O–H groups in total. The predicted octanol–water partition coefficient (Wildman–Crippen LogP) is 4.28. The average Bonchev–Trinajstić information content (AvgIpc) is 2.76. The van der Waals surface area contributed by atoms with E-state index in [0.29, 0.717) is 11.8 Å². The van der Waals surface area contributed by atoms with Gasteiger partial charge in [-0.2, -0.15) is 0 Å². The molecule has 0 heterocycles. The van der Waals surface area contributed by atoms with Crippen LogP contribution in [0.3, 0.4) is 0 Å². The number of hydrogen-bond acceptors (Lipinski definition) is 2. The molecule has 2 nitrogen and oxygen atoms in total. The van der Waals surface area contributed by atoms with E-state index >= 15 is 0 Å². The molecule has 2 atom stereocenters. The summed E-state index contributed by atoms with van der Waals surface area (Å²) in [5.74, 6) is 2.29. The predicted molar refractivity (Wildman–Crippen MR) is 77.4 cm³/mol. The zero-order valence-electron chi connectivity index (χ0n) is 12.0. The fourth-order valence-electron chi connectivity index (χ4n) is 3.96. The number of hydrogen-bond donors (Lipinski definition) is 0. The van der Waals surface area contributed by atoms with Crippen LogP contribution >= 0.6 is 0 Å². The van der Waals surface area contributed by atoms with Gasteiger partial charge in [-0.1, -0.05) is 18.9 Å². The number of benzene rings is 1. The topological polar surface area (TPSA) is 18.5 Å². The Morgan fingerprint density at radius 3 is 2.53 bits per heavy atom. The van der Waals surface area contributed by atoms with Crippen molar-refractivity contribution in [2.45, 2.75) is 38.5 Å². The van der Waals surface area contributed by atoms with Crippen molar-refractivity contribution in [3.05, 3.63) is 35.1 Å². The Balaban J connectivity index is 2.21. The minimum absolute atomic E-state index is 0.624. The maximum atomic E-state index is 5.60. The summed E-state index contributed by atoms with van der Waals surface area (Å²) in [4.78, 5) is 0. The smallest absolute Gasteiger partial charge is 0.126 e. The van der Waals surface area contributed by atoms with Crippen molar-refractivity contribution in [1.82, 2.24) is 0 Å². The van der Waals surface area contributed by atoms with E-state index in [2.05, 4.69) is 19.1 Å². The van der Waals surface area contributed by atoms with Gasteiger partial charge in [0.15, 0.2) is 0 Å². The summed E-state index contributed by atoms with van der Waals surface area (Å²) in [5, 5.41) is 0. The van der Waals surface area contributed by atoms with E-state index in [0.717, 1.165) is 5.75 Å². The summed E-state index contributed by atoms with van der Waals surface area (Å²) < 4.78 is 11.0. The molecule has 2 heteroatoms. The summed E-state index contributed by atoms with van der Waals surface area (Å²) in [6.45, 7) is 2.22. The van der Waals surface area contributed by atoms with Gasteiger partial charge >= 0.3 is 0 Å². The molecule has 0 aromatic heterocycles. The molecule has 2 aliphatic carbocycles. The molecule has 19 heavy (non-hydrogen) atoms. The van der Waals surface area contributed by atoms with Gasteiger partial charge < -0.3 is 9.47 Å². The van der Waals surface area contributed by atoms with Crippen LogP contribution in [0.2, 0.25) is 0 Å². The molecule has 2 unspecified atom stereocenters. The Bertz CT molecular complexity index is 516. The van der Waals surface area contributed by atoms with Crippen molar-refractivity contribution in [3.63, 3.8) is 0 Å². The maximum Gasteiger partial charge on any atom is 0.126 e. The number of ether oxygens (including phenoxy) is 2. The van der Waals surface area contributed by atoms with E-state index in [4.69, 9.17) is 9.47 Å². The molecule has 0 radical (unpaired) electrons. The number of allylic oxidation sites excluding steroid dienone is 1. The minimum atomic E-state index is 0.624. The molecule has 1 saturated carbocycles. The lowest BCUT2D eigenvalue weighted by Crippen LogP contribution is -2.13. The van der Waals surface area contributed by atoms with Gasteiger partial charge in [0.2, 0.25) is 0 Å². The van der Waals surface area contributed by atoms with Crippen LogP contribution in [0, 0.1) is 12.8 Å². The van der Waals surface area contributed by atoms with Gasteiger partial charge in [0, 0.05) is 11.1 Å².